The number of thioether (sulfide) groups is 1. The Morgan fingerprint density at radius 3 is 2.53 bits per heavy atom. The Hall–Kier alpha value is -3.62. The van der Waals surface area contributed by atoms with Gasteiger partial charge in [0.25, 0.3) is 11.1 Å². The summed E-state index contributed by atoms with van der Waals surface area (Å²) in [5.41, 5.74) is 3.54. The summed E-state index contributed by atoms with van der Waals surface area (Å²) < 4.78 is 22.1. The third-order valence-electron chi connectivity index (χ3n) is 5.74. The van der Waals surface area contributed by atoms with E-state index in [2.05, 4.69) is 0 Å². The van der Waals surface area contributed by atoms with Crippen LogP contribution in [0.25, 0.3) is 6.08 Å². The van der Waals surface area contributed by atoms with Crippen LogP contribution in [0, 0.1) is 6.92 Å². The minimum Gasteiger partial charge on any atom is -0.493 e. The van der Waals surface area contributed by atoms with Gasteiger partial charge in [-0.25, -0.2) is 0 Å². The number of fused-ring (bicyclic) bond motifs is 1. The number of halogens is 1. The maximum Gasteiger partial charge on any atom is 0.293 e. The van der Waals surface area contributed by atoms with Crippen molar-refractivity contribution in [2.45, 2.75) is 20.1 Å². The molecular formula is C27H22ClNO6S. The zero-order valence-corrected chi connectivity index (χ0v) is 21.2. The molecule has 0 radical (unpaired) electrons. The summed E-state index contributed by atoms with van der Waals surface area (Å²) in [5.74, 6) is 1.80. The fraction of sp³-hybridized carbons (Fsp3) is 0.185. The van der Waals surface area contributed by atoms with Gasteiger partial charge >= 0.3 is 0 Å². The number of benzene rings is 3. The first-order valence-electron chi connectivity index (χ1n) is 11.1. The van der Waals surface area contributed by atoms with Crippen LogP contribution in [0.4, 0.5) is 4.79 Å². The third kappa shape index (κ3) is 5.01. The van der Waals surface area contributed by atoms with Crippen LogP contribution in [0.1, 0.15) is 22.3 Å². The Morgan fingerprint density at radius 2 is 1.78 bits per heavy atom. The Labute approximate surface area is 217 Å². The van der Waals surface area contributed by atoms with Gasteiger partial charge < -0.3 is 18.9 Å². The standard InChI is InChI=1S/C27H22ClNO6S/c1-16-3-5-17(6-4-16)14-33-21-8-7-18(9-22(21)32-2)10-25-26(30)29(27(31)36-25)13-19-11-23-24(12-20(19)28)35-15-34-23/h3-12H,13-15H2,1-2H3/b25-10+. The van der Waals surface area contributed by atoms with E-state index in [1.54, 1.807) is 37.5 Å². The second-order valence-corrected chi connectivity index (χ2v) is 9.65. The largest absolute Gasteiger partial charge is 0.493 e. The predicted molar refractivity (Wildman–Crippen MR) is 138 cm³/mol. The molecular weight excluding hydrogens is 502 g/mol. The van der Waals surface area contributed by atoms with Crippen molar-refractivity contribution in [3.05, 3.63) is 86.8 Å². The van der Waals surface area contributed by atoms with Crippen LogP contribution < -0.4 is 18.9 Å². The van der Waals surface area contributed by atoms with Gasteiger partial charge in [0.1, 0.15) is 6.61 Å². The van der Waals surface area contributed by atoms with Gasteiger partial charge in [0, 0.05) is 11.1 Å². The molecule has 0 atom stereocenters. The van der Waals surface area contributed by atoms with E-state index in [0.29, 0.717) is 50.7 Å². The molecule has 7 nitrogen and oxygen atoms in total. The van der Waals surface area contributed by atoms with E-state index in [0.717, 1.165) is 22.2 Å². The minimum absolute atomic E-state index is 0.0343. The summed E-state index contributed by atoms with van der Waals surface area (Å²) in [7, 11) is 1.56. The van der Waals surface area contributed by atoms with Crippen LogP contribution in [0.2, 0.25) is 5.02 Å². The fourth-order valence-corrected chi connectivity index (χ4v) is 4.83. The lowest BCUT2D eigenvalue weighted by atomic mass is 10.1. The number of nitrogens with zero attached hydrogens (tertiary/aromatic N) is 1. The van der Waals surface area contributed by atoms with Gasteiger partial charge in [-0.05, 0) is 59.7 Å². The molecule has 1 fully saturated rings. The quantitative estimate of drug-likeness (QED) is 0.341. The van der Waals surface area contributed by atoms with Crippen molar-refractivity contribution in [2.24, 2.45) is 0 Å². The molecule has 9 heteroatoms. The molecule has 2 heterocycles. The van der Waals surface area contributed by atoms with E-state index in [4.69, 9.17) is 30.5 Å². The van der Waals surface area contributed by atoms with Gasteiger partial charge in [-0.3, -0.25) is 14.5 Å². The Morgan fingerprint density at radius 1 is 1.03 bits per heavy atom. The summed E-state index contributed by atoms with van der Waals surface area (Å²) in [5, 5.41) is 0.0261. The maximum absolute atomic E-state index is 13.0. The first-order valence-corrected chi connectivity index (χ1v) is 12.3. The predicted octanol–water partition coefficient (Wildman–Crippen LogP) is 6.20. The summed E-state index contributed by atoms with van der Waals surface area (Å²) in [4.78, 5) is 27.1. The number of hydrogen-bond donors (Lipinski definition) is 0. The van der Waals surface area contributed by atoms with Gasteiger partial charge in [0.2, 0.25) is 6.79 Å². The second kappa shape index (κ2) is 10.2. The number of hydrogen-bond acceptors (Lipinski definition) is 7. The van der Waals surface area contributed by atoms with Gasteiger partial charge in [0.05, 0.1) is 18.6 Å². The summed E-state index contributed by atoms with van der Waals surface area (Å²) >= 11 is 7.22. The highest BCUT2D eigenvalue weighted by atomic mass is 35.5. The molecule has 0 saturated carbocycles. The number of carbonyl (C=O) groups is 2. The fourth-order valence-electron chi connectivity index (χ4n) is 3.78. The molecule has 0 aliphatic carbocycles. The maximum atomic E-state index is 13.0. The molecule has 0 aromatic heterocycles. The number of amides is 2. The minimum atomic E-state index is -0.391. The van der Waals surface area contributed by atoms with Crippen molar-refractivity contribution in [1.82, 2.24) is 4.90 Å². The second-order valence-electron chi connectivity index (χ2n) is 8.25. The van der Waals surface area contributed by atoms with Crippen LogP contribution in [0.3, 0.4) is 0 Å². The number of imide groups is 1. The molecule has 3 aromatic rings. The molecule has 2 aliphatic rings. The van der Waals surface area contributed by atoms with Crippen molar-refractivity contribution in [2.75, 3.05) is 13.9 Å². The summed E-state index contributed by atoms with van der Waals surface area (Å²) in [6.07, 6.45) is 1.67. The molecule has 0 spiro atoms. The Balaban J connectivity index is 1.30. The molecule has 3 aromatic carbocycles. The highest BCUT2D eigenvalue weighted by Crippen LogP contribution is 2.40. The van der Waals surface area contributed by atoms with Crippen LogP contribution in [0.5, 0.6) is 23.0 Å². The lowest BCUT2D eigenvalue weighted by Gasteiger charge is -2.14. The molecule has 1 saturated heterocycles. The van der Waals surface area contributed by atoms with E-state index in [1.165, 1.54) is 5.56 Å². The molecule has 2 aliphatic heterocycles. The molecule has 0 N–H and O–H groups in total. The first kappa shape index (κ1) is 24.1. The zero-order valence-electron chi connectivity index (χ0n) is 19.6. The monoisotopic (exact) mass is 523 g/mol. The van der Waals surface area contributed by atoms with Crippen molar-refractivity contribution in [3.8, 4) is 23.0 Å². The smallest absolute Gasteiger partial charge is 0.293 e. The topological polar surface area (TPSA) is 74.3 Å². The number of rotatable bonds is 7. The molecule has 36 heavy (non-hydrogen) atoms. The number of carbonyl (C=O) groups excluding carboxylic acids is 2. The van der Waals surface area contributed by atoms with Crippen molar-refractivity contribution in [1.29, 1.82) is 0 Å². The van der Waals surface area contributed by atoms with Crippen LogP contribution in [-0.2, 0) is 17.9 Å². The average molecular weight is 524 g/mol. The Bertz CT molecular complexity index is 1370. The summed E-state index contributed by atoms with van der Waals surface area (Å²) in [6, 6.07) is 16.8. The SMILES string of the molecule is COc1cc(/C=C2/SC(=O)N(Cc3cc4c(cc3Cl)OCO4)C2=O)ccc1OCc1ccc(C)cc1. The van der Waals surface area contributed by atoms with Crippen LogP contribution in [-0.4, -0.2) is 29.9 Å². The van der Waals surface area contributed by atoms with E-state index < -0.39 is 5.91 Å². The zero-order chi connectivity index (χ0) is 25.2. The van der Waals surface area contributed by atoms with Gasteiger partial charge in [-0.15, -0.1) is 0 Å². The number of aryl methyl sites for hydroxylation is 1. The highest BCUT2D eigenvalue weighted by molar-refractivity contribution is 8.18. The lowest BCUT2D eigenvalue weighted by Crippen LogP contribution is -2.27. The lowest BCUT2D eigenvalue weighted by molar-refractivity contribution is -0.123. The molecule has 0 bridgehead atoms. The van der Waals surface area contributed by atoms with Crippen molar-refractivity contribution < 1.29 is 28.5 Å². The normalized spacial score (nSPS) is 15.6. The van der Waals surface area contributed by atoms with E-state index in [-0.39, 0.29) is 18.6 Å². The molecule has 5 rings (SSSR count). The Kier molecular flexibility index (Phi) is 6.80. The van der Waals surface area contributed by atoms with E-state index >= 15 is 0 Å². The third-order valence-corrected chi connectivity index (χ3v) is 7.00. The number of methoxy groups -OCH3 is 1. The summed E-state index contributed by atoms with van der Waals surface area (Å²) in [6.45, 7) is 2.58. The van der Waals surface area contributed by atoms with Crippen LogP contribution in [0.15, 0.2) is 59.5 Å². The average Bonchev–Trinajstić information content (AvgIpc) is 3.43. The highest BCUT2D eigenvalue weighted by Gasteiger charge is 2.35. The van der Waals surface area contributed by atoms with Gasteiger partial charge in [0.15, 0.2) is 23.0 Å². The number of ether oxygens (including phenoxy) is 4. The molecule has 2 amide bonds. The van der Waals surface area contributed by atoms with Crippen LogP contribution >= 0.6 is 23.4 Å². The van der Waals surface area contributed by atoms with Gasteiger partial charge in [-0.1, -0.05) is 47.5 Å². The van der Waals surface area contributed by atoms with Crippen molar-refractivity contribution in [3.63, 3.8) is 0 Å². The van der Waals surface area contributed by atoms with Gasteiger partial charge in [-0.2, -0.15) is 0 Å². The van der Waals surface area contributed by atoms with E-state index in [1.807, 2.05) is 37.3 Å². The van der Waals surface area contributed by atoms with E-state index in [9.17, 15) is 9.59 Å². The first-order chi connectivity index (χ1) is 17.4. The molecule has 0 unspecified atom stereocenters. The molecule has 184 valence electrons. The van der Waals surface area contributed by atoms with Crippen molar-refractivity contribution >= 4 is 40.6 Å².